The van der Waals surface area contributed by atoms with Crippen LogP contribution < -0.4 is 16.0 Å². The number of nitrogens with zero attached hydrogens (tertiary/aromatic N) is 1. The third kappa shape index (κ3) is 5.06. The second-order valence-electron chi connectivity index (χ2n) is 7.38. The van der Waals surface area contributed by atoms with E-state index in [1.807, 2.05) is 42.6 Å². The van der Waals surface area contributed by atoms with Crippen molar-refractivity contribution in [2.24, 2.45) is 0 Å². The lowest BCUT2D eigenvalue weighted by molar-refractivity contribution is -0.138. The van der Waals surface area contributed by atoms with Gasteiger partial charge in [0.2, 0.25) is 5.91 Å². The number of carbonyl (C=O) groups is 2. The fourth-order valence-electron chi connectivity index (χ4n) is 3.61. The van der Waals surface area contributed by atoms with Gasteiger partial charge in [0.1, 0.15) is 13.1 Å². The number of nitrogens with one attached hydrogen (secondary N) is 4. The number of amides is 1. The summed E-state index contributed by atoms with van der Waals surface area (Å²) in [4.78, 5) is 25.9. The molecule has 0 bridgehead atoms. The largest absolute Gasteiger partial charge is 0.480 e. The van der Waals surface area contributed by atoms with Crippen LogP contribution in [0.2, 0.25) is 0 Å². The van der Waals surface area contributed by atoms with Crippen LogP contribution in [0.5, 0.6) is 0 Å². The van der Waals surface area contributed by atoms with Gasteiger partial charge in [-0.15, -0.1) is 0 Å². The summed E-state index contributed by atoms with van der Waals surface area (Å²) in [6.45, 7) is 0.326. The number of carbonyl (C=O) groups excluding carboxylic acids is 1. The van der Waals surface area contributed by atoms with Crippen molar-refractivity contribution in [3.63, 3.8) is 0 Å². The van der Waals surface area contributed by atoms with Crippen LogP contribution in [0, 0.1) is 0 Å². The summed E-state index contributed by atoms with van der Waals surface area (Å²) >= 11 is 5.43. The van der Waals surface area contributed by atoms with Crippen LogP contribution in [0.4, 0.5) is 5.69 Å². The number of carboxylic acids is 1. The molecule has 8 nitrogen and oxygen atoms in total. The normalized spacial score (nSPS) is 10.9. The molecule has 5 N–H and O–H groups in total. The summed E-state index contributed by atoms with van der Waals surface area (Å²) in [5.41, 5.74) is 4.00. The Morgan fingerprint density at radius 2 is 1.94 bits per heavy atom. The molecular weight excluding hydrogens is 426 g/mol. The SMILES string of the molecule is O=C(O)CNC(=O)Cn1ccc2ccc(NC(=S)NCCc3c[nH]c4ccccc34)cc21. The topological polar surface area (TPSA) is 111 Å². The number of benzene rings is 2. The van der Waals surface area contributed by atoms with E-state index < -0.39 is 12.5 Å². The van der Waals surface area contributed by atoms with E-state index in [9.17, 15) is 9.59 Å². The fraction of sp³-hybridized carbons (Fsp3) is 0.174. The Morgan fingerprint density at radius 3 is 2.78 bits per heavy atom. The highest BCUT2D eigenvalue weighted by Gasteiger charge is 2.09. The zero-order chi connectivity index (χ0) is 22.5. The van der Waals surface area contributed by atoms with Gasteiger partial charge >= 0.3 is 5.97 Å². The molecule has 1 amide bonds. The maximum atomic E-state index is 12.0. The minimum atomic E-state index is -1.08. The molecule has 0 radical (unpaired) electrons. The van der Waals surface area contributed by atoms with Gasteiger partial charge in [-0.3, -0.25) is 9.59 Å². The first-order valence-corrected chi connectivity index (χ1v) is 10.6. The number of anilines is 1. The van der Waals surface area contributed by atoms with E-state index in [1.165, 1.54) is 10.9 Å². The number of hydrogen-bond donors (Lipinski definition) is 5. The first-order chi connectivity index (χ1) is 15.5. The minimum Gasteiger partial charge on any atom is -0.480 e. The molecule has 2 aromatic carbocycles. The van der Waals surface area contributed by atoms with Crippen molar-refractivity contribution in [3.05, 3.63) is 66.5 Å². The third-order valence-electron chi connectivity index (χ3n) is 5.14. The number of fused-ring (bicyclic) bond motifs is 2. The average Bonchev–Trinajstić information content (AvgIpc) is 3.36. The molecule has 0 atom stereocenters. The molecule has 9 heteroatoms. The Bertz CT molecular complexity index is 1290. The van der Waals surface area contributed by atoms with E-state index in [4.69, 9.17) is 17.3 Å². The Hall–Kier alpha value is -3.85. The van der Waals surface area contributed by atoms with Gasteiger partial charge in [-0.25, -0.2) is 0 Å². The van der Waals surface area contributed by atoms with Crippen LogP contribution in [0.15, 0.2) is 60.9 Å². The lowest BCUT2D eigenvalue weighted by Crippen LogP contribution is -2.32. The molecule has 0 unspecified atom stereocenters. The summed E-state index contributed by atoms with van der Waals surface area (Å²) in [6.07, 6.45) is 4.66. The van der Waals surface area contributed by atoms with Crippen molar-refractivity contribution in [1.29, 1.82) is 0 Å². The van der Waals surface area contributed by atoms with Gasteiger partial charge in [0.25, 0.3) is 0 Å². The molecule has 32 heavy (non-hydrogen) atoms. The Morgan fingerprint density at radius 1 is 1.09 bits per heavy atom. The Balaban J connectivity index is 1.34. The average molecular weight is 450 g/mol. The van der Waals surface area contributed by atoms with Gasteiger partial charge < -0.3 is 30.6 Å². The maximum absolute atomic E-state index is 12.0. The molecule has 2 heterocycles. The molecule has 164 valence electrons. The lowest BCUT2D eigenvalue weighted by Gasteiger charge is -2.11. The highest BCUT2D eigenvalue weighted by Crippen LogP contribution is 2.21. The summed E-state index contributed by atoms with van der Waals surface area (Å²) < 4.78 is 1.77. The number of rotatable bonds is 8. The highest BCUT2D eigenvalue weighted by molar-refractivity contribution is 7.80. The van der Waals surface area contributed by atoms with Crippen LogP contribution in [-0.2, 0) is 22.6 Å². The minimum absolute atomic E-state index is 0.0353. The molecule has 0 aliphatic rings. The zero-order valence-corrected chi connectivity index (χ0v) is 18.0. The van der Waals surface area contributed by atoms with E-state index in [-0.39, 0.29) is 12.5 Å². The maximum Gasteiger partial charge on any atom is 0.322 e. The number of aliphatic carboxylic acids is 1. The monoisotopic (exact) mass is 449 g/mol. The zero-order valence-electron chi connectivity index (χ0n) is 17.2. The van der Waals surface area contributed by atoms with E-state index >= 15 is 0 Å². The smallest absolute Gasteiger partial charge is 0.322 e. The van der Waals surface area contributed by atoms with Gasteiger partial charge in [0, 0.05) is 35.5 Å². The van der Waals surface area contributed by atoms with Gasteiger partial charge in [0.15, 0.2) is 5.11 Å². The van der Waals surface area contributed by atoms with E-state index in [2.05, 4.69) is 33.1 Å². The second-order valence-corrected chi connectivity index (χ2v) is 7.79. The number of aromatic nitrogens is 2. The van der Waals surface area contributed by atoms with E-state index in [1.54, 1.807) is 10.8 Å². The van der Waals surface area contributed by atoms with Crippen molar-refractivity contribution < 1.29 is 14.7 Å². The molecule has 0 saturated heterocycles. The molecular formula is C23H23N5O3S. The highest BCUT2D eigenvalue weighted by atomic mass is 32.1. The molecule has 0 spiro atoms. The first kappa shape index (κ1) is 21.4. The van der Waals surface area contributed by atoms with Crippen molar-refractivity contribution in [2.75, 3.05) is 18.4 Å². The van der Waals surface area contributed by atoms with Gasteiger partial charge in [-0.2, -0.15) is 0 Å². The van der Waals surface area contributed by atoms with Crippen LogP contribution >= 0.6 is 12.2 Å². The molecule has 0 saturated carbocycles. The van der Waals surface area contributed by atoms with Gasteiger partial charge in [0.05, 0.1) is 5.52 Å². The van der Waals surface area contributed by atoms with Crippen LogP contribution in [0.25, 0.3) is 21.8 Å². The fourth-order valence-corrected chi connectivity index (χ4v) is 3.83. The molecule has 4 aromatic rings. The first-order valence-electron chi connectivity index (χ1n) is 10.2. The summed E-state index contributed by atoms with van der Waals surface area (Å²) in [7, 11) is 0. The van der Waals surface area contributed by atoms with Crippen molar-refractivity contribution in [3.8, 4) is 0 Å². The summed E-state index contributed by atoms with van der Waals surface area (Å²) in [5.74, 6) is -1.44. The number of H-pyrrole nitrogens is 1. The van der Waals surface area contributed by atoms with E-state index in [0.717, 1.165) is 28.5 Å². The number of carboxylic acid groups (broad SMARTS) is 1. The predicted octanol–water partition coefficient (Wildman–Crippen LogP) is 2.85. The lowest BCUT2D eigenvalue weighted by atomic mass is 10.1. The molecule has 4 rings (SSSR count). The number of aromatic amines is 1. The quantitative estimate of drug-likeness (QED) is 0.265. The van der Waals surface area contributed by atoms with E-state index in [0.29, 0.717) is 11.7 Å². The van der Waals surface area contributed by atoms with Crippen LogP contribution in [-0.4, -0.2) is 44.7 Å². The Labute approximate surface area is 189 Å². The Kier molecular flexibility index (Phi) is 6.37. The van der Waals surface area contributed by atoms with Crippen LogP contribution in [0.3, 0.4) is 0 Å². The van der Waals surface area contributed by atoms with Gasteiger partial charge in [-0.1, -0.05) is 24.3 Å². The third-order valence-corrected chi connectivity index (χ3v) is 5.38. The van der Waals surface area contributed by atoms with Crippen molar-refractivity contribution in [2.45, 2.75) is 13.0 Å². The molecule has 0 aliphatic carbocycles. The van der Waals surface area contributed by atoms with Crippen LogP contribution in [0.1, 0.15) is 5.56 Å². The van der Waals surface area contributed by atoms with Gasteiger partial charge in [-0.05, 0) is 53.9 Å². The van der Waals surface area contributed by atoms with Crippen molar-refractivity contribution in [1.82, 2.24) is 20.2 Å². The number of hydrogen-bond acceptors (Lipinski definition) is 3. The van der Waals surface area contributed by atoms with Crippen molar-refractivity contribution >= 4 is 56.7 Å². The molecule has 2 aromatic heterocycles. The standard InChI is InChI=1S/C23H23N5O3S/c29-21(26-13-22(30)31)14-28-10-8-15-5-6-17(11-20(15)28)27-23(32)24-9-7-16-12-25-19-4-2-1-3-18(16)19/h1-6,8,10-12,25H,7,9,13-14H2,(H,26,29)(H,30,31)(H2,24,27,32). The number of thiocarbonyl (C=S) groups is 1. The molecule has 0 aliphatic heterocycles. The second kappa shape index (κ2) is 9.52. The molecule has 0 fully saturated rings. The summed E-state index contributed by atoms with van der Waals surface area (Å²) in [6, 6.07) is 15.9. The predicted molar refractivity (Wildman–Crippen MR) is 129 cm³/mol. The summed E-state index contributed by atoms with van der Waals surface area (Å²) in [5, 5.41) is 20.2. The number of para-hydroxylation sites is 1.